The summed E-state index contributed by atoms with van der Waals surface area (Å²) >= 11 is 0. The molecule has 7 rings (SSSR count). The van der Waals surface area contributed by atoms with Gasteiger partial charge in [-0.05, 0) is 73.0 Å². The first-order valence-electron chi connectivity index (χ1n) is 13.9. The summed E-state index contributed by atoms with van der Waals surface area (Å²) in [5.41, 5.74) is 3.59. The Morgan fingerprint density at radius 2 is 1.60 bits per heavy atom. The lowest BCUT2D eigenvalue weighted by Crippen LogP contribution is -2.38. The highest BCUT2D eigenvalue weighted by Gasteiger charge is 2.30. The van der Waals surface area contributed by atoms with Crippen LogP contribution >= 0.6 is 0 Å². The van der Waals surface area contributed by atoms with Crippen molar-refractivity contribution in [3.05, 3.63) is 126 Å². The number of likely N-dealkylation sites (tertiary alicyclic amines) is 1. The minimum atomic E-state index is -0.640. The molecule has 6 aromatic rings. The molecule has 210 valence electrons. The Morgan fingerprint density at radius 1 is 0.833 bits per heavy atom. The van der Waals surface area contributed by atoms with E-state index in [4.69, 9.17) is 4.98 Å². The van der Waals surface area contributed by atoms with Gasteiger partial charge in [0.25, 0.3) is 5.91 Å². The lowest BCUT2D eigenvalue weighted by atomic mass is 9.95. The number of hydrogen-bond donors (Lipinski definition) is 0. The van der Waals surface area contributed by atoms with Crippen LogP contribution in [0.4, 0.5) is 13.2 Å². The minimum Gasteiger partial charge on any atom is -0.339 e. The van der Waals surface area contributed by atoms with E-state index < -0.39 is 11.6 Å². The maximum absolute atomic E-state index is 15.6. The van der Waals surface area contributed by atoms with E-state index in [1.165, 1.54) is 41.2 Å². The number of carbonyl (C=O) groups excluding carboxylic acids is 1. The van der Waals surface area contributed by atoms with Crippen molar-refractivity contribution in [3.8, 4) is 5.69 Å². The summed E-state index contributed by atoms with van der Waals surface area (Å²) in [6.07, 6.45) is 2.70. The van der Waals surface area contributed by atoms with E-state index in [1.54, 1.807) is 29.2 Å². The van der Waals surface area contributed by atoms with Crippen LogP contribution in [0, 0.1) is 17.5 Å². The molecule has 3 heterocycles. The highest BCUT2D eigenvalue weighted by molar-refractivity contribution is 5.98. The second kappa shape index (κ2) is 10.5. The molecule has 6 nitrogen and oxygen atoms in total. The molecule has 0 spiro atoms. The van der Waals surface area contributed by atoms with Crippen molar-refractivity contribution >= 4 is 27.8 Å². The van der Waals surface area contributed by atoms with Gasteiger partial charge in [-0.3, -0.25) is 4.79 Å². The normalized spacial score (nSPS) is 14.2. The zero-order chi connectivity index (χ0) is 28.8. The van der Waals surface area contributed by atoms with E-state index in [9.17, 15) is 13.6 Å². The van der Waals surface area contributed by atoms with Crippen molar-refractivity contribution in [1.82, 2.24) is 24.2 Å². The van der Waals surface area contributed by atoms with Crippen LogP contribution in [-0.2, 0) is 6.54 Å². The molecule has 0 N–H and O–H groups in total. The van der Waals surface area contributed by atoms with Gasteiger partial charge in [0.1, 0.15) is 23.3 Å². The van der Waals surface area contributed by atoms with Gasteiger partial charge in [0.2, 0.25) is 0 Å². The number of aromatic nitrogens is 4. The first-order valence-corrected chi connectivity index (χ1v) is 13.9. The van der Waals surface area contributed by atoms with Gasteiger partial charge in [0.05, 0.1) is 39.4 Å². The Hall–Kier alpha value is -4.92. The Morgan fingerprint density at radius 3 is 2.38 bits per heavy atom. The SMILES string of the molecule is O=C(c1ccc2c(cnn2-c2cccc(F)c2)c1F)N1CCC(c2nc3ccccc3n2Cc2cccc(F)c2)CC1. The van der Waals surface area contributed by atoms with Gasteiger partial charge in [-0.2, -0.15) is 5.10 Å². The Labute approximate surface area is 239 Å². The molecule has 42 heavy (non-hydrogen) atoms. The quantitative estimate of drug-likeness (QED) is 0.230. The summed E-state index contributed by atoms with van der Waals surface area (Å²) in [5.74, 6) is -0.719. The summed E-state index contributed by atoms with van der Waals surface area (Å²) in [7, 11) is 0. The lowest BCUT2D eigenvalue weighted by Gasteiger charge is -2.32. The molecule has 4 aromatic carbocycles. The van der Waals surface area contributed by atoms with Gasteiger partial charge in [-0.25, -0.2) is 22.8 Å². The molecule has 0 unspecified atom stereocenters. The molecule has 0 radical (unpaired) electrons. The summed E-state index contributed by atoms with van der Waals surface area (Å²) in [6, 6.07) is 23.5. The maximum Gasteiger partial charge on any atom is 0.256 e. The number of halogens is 3. The van der Waals surface area contributed by atoms with Crippen LogP contribution in [0.1, 0.15) is 40.5 Å². The molecular weight excluding hydrogens is 539 g/mol. The van der Waals surface area contributed by atoms with Crippen molar-refractivity contribution in [2.24, 2.45) is 0 Å². The van der Waals surface area contributed by atoms with Crippen molar-refractivity contribution in [2.45, 2.75) is 25.3 Å². The zero-order valence-corrected chi connectivity index (χ0v) is 22.6. The van der Waals surface area contributed by atoms with E-state index in [0.717, 1.165) is 22.4 Å². The highest BCUT2D eigenvalue weighted by Crippen LogP contribution is 2.32. The van der Waals surface area contributed by atoms with Gasteiger partial charge >= 0.3 is 0 Å². The van der Waals surface area contributed by atoms with Crippen molar-refractivity contribution in [2.75, 3.05) is 13.1 Å². The minimum absolute atomic E-state index is 0.0157. The second-order valence-corrected chi connectivity index (χ2v) is 10.6. The number of nitrogens with zero attached hydrogens (tertiary/aromatic N) is 5. The predicted octanol–water partition coefficient (Wildman–Crippen LogP) is 6.86. The van der Waals surface area contributed by atoms with Crippen LogP contribution in [0.2, 0.25) is 0 Å². The van der Waals surface area contributed by atoms with E-state index in [-0.39, 0.29) is 28.6 Å². The number of para-hydroxylation sites is 2. The molecule has 2 aromatic heterocycles. The van der Waals surface area contributed by atoms with Crippen molar-refractivity contribution in [3.63, 3.8) is 0 Å². The molecule has 9 heteroatoms. The van der Waals surface area contributed by atoms with Crippen LogP contribution in [0.5, 0.6) is 0 Å². The van der Waals surface area contributed by atoms with Crippen LogP contribution in [0.3, 0.4) is 0 Å². The number of piperidine rings is 1. The first-order chi connectivity index (χ1) is 20.5. The van der Waals surface area contributed by atoms with Gasteiger partial charge in [0.15, 0.2) is 0 Å². The predicted molar refractivity (Wildman–Crippen MR) is 154 cm³/mol. The fourth-order valence-corrected chi connectivity index (χ4v) is 5.95. The Bertz CT molecular complexity index is 1950. The molecule has 1 fully saturated rings. The Balaban J connectivity index is 1.12. The number of rotatable bonds is 5. The molecule has 0 saturated carbocycles. The smallest absolute Gasteiger partial charge is 0.256 e. The fourth-order valence-electron chi connectivity index (χ4n) is 5.95. The molecule has 0 atom stereocenters. The van der Waals surface area contributed by atoms with Crippen LogP contribution in [0.25, 0.3) is 27.6 Å². The van der Waals surface area contributed by atoms with E-state index in [0.29, 0.717) is 43.7 Å². The summed E-state index contributed by atoms with van der Waals surface area (Å²) < 4.78 is 46.9. The monoisotopic (exact) mass is 565 g/mol. The molecule has 1 amide bonds. The third-order valence-electron chi connectivity index (χ3n) is 8.03. The molecular formula is C33H26F3N5O. The molecule has 1 aliphatic rings. The van der Waals surface area contributed by atoms with E-state index in [1.807, 2.05) is 30.3 Å². The average molecular weight is 566 g/mol. The van der Waals surface area contributed by atoms with Crippen LogP contribution in [-0.4, -0.2) is 43.2 Å². The summed E-state index contributed by atoms with van der Waals surface area (Å²) in [6.45, 7) is 1.39. The summed E-state index contributed by atoms with van der Waals surface area (Å²) in [4.78, 5) is 20.1. The second-order valence-electron chi connectivity index (χ2n) is 10.6. The van der Waals surface area contributed by atoms with Gasteiger partial charge < -0.3 is 9.47 Å². The van der Waals surface area contributed by atoms with Gasteiger partial charge in [-0.1, -0.05) is 30.3 Å². The van der Waals surface area contributed by atoms with E-state index in [2.05, 4.69) is 9.67 Å². The largest absolute Gasteiger partial charge is 0.339 e. The van der Waals surface area contributed by atoms with Crippen molar-refractivity contribution < 1.29 is 18.0 Å². The zero-order valence-electron chi connectivity index (χ0n) is 22.6. The average Bonchev–Trinajstić information content (AvgIpc) is 3.60. The number of benzene rings is 4. The number of hydrogen-bond acceptors (Lipinski definition) is 3. The first kappa shape index (κ1) is 26.0. The number of amides is 1. The standard InChI is InChI=1S/C33H26F3N5O/c34-23-6-3-5-21(17-23)20-40-30-10-2-1-9-28(30)38-32(40)22-13-15-39(16-14-22)33(42)26-11-12-29-27(31(26)36)19-37-41(29)25-8-4-7-24(35)18-25/h1-12,17-19,22H,13-16,20H2. The molecule has 1 saturated heterocycles. The Kier molecular flexibility index (Phi) is 6.49. The van der Waals surface area contributed by atoms with Crippen LogP contribution in [0.15, 0.2) is 91.1 Å². The third-order valence-corrected chi connectivity index (χ3v) is 8.03. The number of carbonyl (C=O) groups is 1. The van der Waals surface area contributed by atoms with Gasteiger partial charge in [-0.15, -0.1) is 0 Å². The highest BCUT2D eigenvalue weighted by atomic mass is 19.1. The topological polar surface area (TPSA) is 56.0 Å². The number of fused-ring (bicyclic) bond motifs is 2. The number of imidazole rings is 1. The van der Waals surface area contributed by atoms with Gasteiger partial charge in [0, 0.05) is 25.6 Å². The molecule has 1 aliphatic heterocycles. The fraction of sp³-hybridized carbons (Fsp3) is 0.182. The summed E-state index contributed by atoms with van der Waals surface area (Å²) in [5, 5.41) is 4.44. The van der Waals surface area contributed by atoms with Crippen LogP contribution < -0.4 is 0 Å². The third kappa shape index (κ3) is 4.60. The molecule has 0 aliphatic carbocycles. The maximum atomic E-state index is 15.6. The van der Waals surface area contributed by atoms with Crippen molar-refractivity contribution in [1.29, 1.82) is 0 Å². The molecule has 0 bridgehead atoms. The van der Waals surface area contributed by atoms with E-state index >= 15 is 4.39 Å². The lowest BCUT2D eigenvalue weighted by molar-refractivity contribution is 0.0706.